The van der Waals surface area contributed by atoms with Gasteiger partial charge in [-0.05, 0) is 0 Å². The predicted octanol–water partition coefficient (Wildman–Crippen LogP) is -1.36. The molecule has 0 aliphatic carbocycles. The molecule has 0 fully saturated rings. The largest absolute Gasteiger partial charge is 0.394 e. The van der Waals surface area contributed by atoms with E-state index in [0.29, 0.717) is 5.82 Å². The van der Waals surface area contributed by atoms with Crippen molar-refractivity contribution >= 4 is 11.5 Å². The highest BCUT2D eigenvalue weighted by Gasteiger charge is 1.94. The summed E-state index contributed by atoms with van der Waals surface area (Å²) >= 11 is 0. The van der Waals surface area contributed by atoms with E-state index in [4.69, 9.17) is 11.6 Å². The van der Waals surface area contributed by atoms with E-state index in [0.717, 1.165) is 0 Å². The van der Waals surface area contributed by atoms with Crippen molar-refractivity contribution < 1.29 is 0 Å². The third kappa shape index (κ3) is 1.06. The molecule has 1 rings (SSSR count). The van der Waals surface area contributed by atoms with E-state index in [-0.39, 0.29) is 5.69 Å². The lowest BCUT2D eigenvalue weighted by Crippen LogP contribution is -2.17. The Morgan fingerprint density at radius 2 is 2.40 bits per heavy atom. The van der Waals surface area contributed by atoms with Gasteiger partial charge in [0.15, 0.2) is 5.82 Å². The molecule has 0 amide bonds. The molecule has 1 heterocycles. The van der Waals surface area contributed by atoms with Gasteiger partial charge in [-0.2, -0.15) is 5.10 Å². The second-order valence-electron chi connectivity index (χ2n) is 1.68. The number of H-pyrrole nitrogens is 1. The summed E-state index contributed by atoms with van der Waals surface area (Å²) in [6.07, 6.45) is 0. The first-order valence-electron chi connectivity index (χ1n) is 2.56. The zero-order valence-electron chi connectivity index (χ0n) is 5.09. The average molecular weight is 141 g/mol. The molecule has 0 saturated carbocycles. The molecule has 1 aromatic rings. The van der Waals surface area contributed by atoms with Crippen molar-refractivity contribution in [1.29, 1.82) is 0 Å². The average Bonchev–Trinajstić information content (AvgIpc) is 1.95. The lowest BCUT2D eigenvalue weighted by atomic mass is 10.5. The van der Waals surface area contributed by atoms with Crippen LogP contribution in [0, 0.1) is 0 Å². The zero-order valence-corrected chi connectivity index (χ0v) is 5.09. The Labute approximate surface area is 56.2 Å². The highest BCUT2D eigenvalue weighted by atomic mass is 16.1. The van der Waals surface area contributed by atoms with Crippen LogP contribution in [-0.2, 0) is 0 Å². The number of hydrogen-bond acceptors (Lipinski definition) is 5. The Morgan fingerprint density at radius 1 is 1.70 bits per heavy atom. The van der Waals surface area contributed by atoms with Crippen molar-refractivity contribution in [2.24, 2.45) is 5.84 Å². The first-order valence-corrected chi connectivity index (χ1v) is 2.56. The van der Waals surface area contributed by atoms with Gasteiger partial charge in [-0.3, -0.25) is 4.79 Å². The maximum Gasteiger partial charge on any atom is 0.287 e. The standard InChI is InChI=1S/C4H7N5O/c5-2-1-3(7-6)8-9-4(2)10/h1H,6H2,(H,9,10)(H3,5,7,8). The van der Waals surface area contributed by atoms with Gasteiger partial charge in [0.05, 0.1) is 0 Å². The molecule has 6 heteroatoms. The van der Waals surface area contributed by atoms with Crippen molar-refractivity contribution in [1.82, 2.24) is 10.2 Å². The molecule has 0 bridgehead atoms. The minimum Gasteiger partial charge on any atom is -0.394 e. The molecular weight excluding hydrogens is 134 g/mol. The lowest BCUT2D eigenvalue weighted by molar-refractivity contribution is 0.986. The monoisotopic (exact) mass is 141 g/mol. The van der Waals surface area contributed by atoms with Crippen LogP contribution in [0.4, 0.5) is 11.5 Å². The van der Waals surface area contributed by atoms with E-state index >= 15 is 0 Å². The molecule has 54 valence electrons. The van der Waals surface area contributed by atoms with E-state index in [2.05, 4.69) is 15.6 Å². The Balaban J connectivity index is 3.17. The number of rotatable bonds is 1. The third-order valence-electron chi connectivity index (χ3n) is 0.980. The molecule has 1 aromatic heterocycles. The summed E-state index contributed by atoms with van der Waals surface area (Å²) in [6.45, 7) is 0. The molecule has 0 atom stereocenters. The van der Waals surface area contributed by atoms with E-state index in [1.807, 2.05) is 0 Å². The number of hydrazine groups is 1. The van der Waals surface area contributed by atoms with Crippen molar-refractivity contribution in [3.63, 3.8) is 0 Å². The van der Waals surface area contributed by atoms with E-state index in [9.17, 15) is 4.79 Å². The summed E-state index contributed by atoms with van der Waals surface area (Å²) in [5, 5.41) is 5.65. The van der Waals surface area contributed by atoms with Gasteiger partial charge in [0.1, 0.15) is 5.69 Å². The topological polar surface area (TPSA) is 110 Å². The van der Waals surface area contributed by atoms with Gasteiger partial charge in [0.2, 0.25) is 0 Å². The highest BCUT2D eigenvalue weighted by Crippen LogP contribution is 1.98. The van der Waals surface area contributed by atoms with Crippen LogP contribution in [0.25, 0.3) is 0 Å². The van der Waals surface area contributed by atoms with Gasteiger partial charge in [-0.15, -0.1) is 0 Å². The molecule has 6 nitrogen and oxygen atoms in total. The van der Waals surface area contributed by atoms with Gasteiger partial charge in [-0.25, -0.2) is 10.9 Å². The number of nitrogen functional groups attached to an aromatic ring is 2. The molecule has 6 N–H and O–H groups in total. The van der Waals surface area contributed by atoms with Crippen molar-refractivity contribution in [3.05, 3.63) is 16.4 Å². The summed E-state index contributed by atoms with van der Waals surface area (Å²) < 4.78 is 0. The third-order valence-corrected chi connectivity index (χ3v) is 0.980. The minimum absolute atomic E-state index is 0.0861. The number of aromatic amines is 1. The number of nitrogens with zero attached hydrogens (tertiary/aromatic N) is 1. The molecule has 0 aromatic carbocycles. The summed E-state index contributed by atoms with van der Waals surface area (Å²) in [7, 11) is 0. The SMILES string of the molecule is NNc1cc(N)c(=O)[nH]n1. The van der Waals surface area contributed by atoms with Crippen LogP contribution >= 0.6 is 0 Å². The van der Waals surface area contributed by atoms with E-state index < -0.39 is 5.56 Å². The maximum atomic E-state index is 10.6. The molecule has 0 unspecified atom stereocenters. The lowest BCUT2D eigenvalue weighted by Gasteiger charge is -1.96. The van der Waals surface area contributed by atoms with Gasteiger partial charge in [-0.1, -0.05) is 0 Å². The van der Waals surface area contributed by atoms with Crippen LogP contribution < -0.4 is 22.6 Å². The van der Waals surface area contributed by atoms with Crippen molar-refractivity contribution in [2.75, 3.05) is 11.2 Å². The van der Waals surface area contributed by atoms with Crippen LogP contribution in [-0.4, -0.2) is 10.2 Å². The van der Waals surface area contributed by atoms with Crippen LogP contribution in [0.15, 0.2) is 10.9 Å². The van der Waals surface area contributed by atoms with Crippen LogP contribution in [0.5, 0.6) is 0 Å². The molecule has 0 spiro atoms. The molecular formula is C4H7N5O. The van der Waals surface area contributed by atoms with Crippen LogP contribution in [0.3, 0.4) is 0 Å². The first-order chi connectivity index (χ1) is 4.74. The van der Waals surface area contributed by atoms with Crippen molar-refractivity contribution in [2.45, 2.75) is 0 Å². The highest BCUT2D eigenvalue weighted by molar-refractivity contribution is 5.45. The van der Waals surface area contributed by atoms with Gasteiger partial charge in [0.25, 0.3) is 5.56 Å². The Kier molecular flexibility index (Phi) is 1.55. The predicted molar refractivity (Wildman–Crippen MR) is 37.1 cm³/mol. The van der Waals surface area contributed by atoms with Gasteiger partial charge >= 0.3 is 0 Å². The number of nitrogens with two attached hydrogens (primary N) is 2. The Bertz CT molecular complexity index is 279. The van der Waals surface area contributed by atoms with Crippen LogP contribution in [0.2, 0.25) is 0 Å². The summed E-state index contributed by atoms with van der Waals surface area (Å²) in [5.74, 6) is 5.31. The fourth-order valence-electron chi connectivity index (χ4n) is 0.495. The molecule has 0 aliphatic rings. The molecule has 0 saturated heterocycles. The number of anilines is 2. The Hall–Kier alpha value is -1.56. The second-order valence-corrected chi connectivity index (χ2v) is 1.68. The number of nitrogens with one attached hydrogen (secondary N) is 2. The smallest absolute Gasteiger partial charge is 0.287 e. The molecule has 10 heavy (non-hydrogen) atoms. The molecule has 0 radical (unpaired) electrons. The maximum absolute atomic E-state index is 10.6. The first kappa shape index (κ1) is 6.56. The quantitative estimate of drug-likeness (QED) is 0.285. The Morgan fingerprint density at radius 3 is 2.90 bits per heavy atom. The normalized spacial score (nSPS) is 9.30. The second kappa shape index (κ2) is 2.36. The minimum atomic E-state index is -0.418. The van der Waals surface area contributed by atoms with Gasteiger partial charge < -0.3 is 11.2 Å². The number of hydrogen-bond donors (Lipinski definition) is 4. The number of aromatic nitrogens is 2. The van der Waals surface area contributed by atoms with Gasteiger partial charge in [0, 0.05) is 6.07 Å². The van der Waals surface area contributed by atoms with Crippen molar-refractivity contribution in [3.8, 4) is 0 Å². The van der Waals surface area contributed by atoms with E-state index in [1.54, 1.807) is 0 Å². The fraction of sp³-hybridized carbons (Fsp3) is 0. The zero-order chi connectivity index (χ0) is 7.56. The fourth-order valence-corrected chi connectivity index (χ4v) is 0.495. The summed E-state index contributed by atoms with van der Waals surface area (Å²) in [4.78, 5) is 10.6. The summed E-state index contributed by atoms with van der Waals surface area (Å²) in [5.41, 5.74) is 7.12. The summed E-state index contributed by atoms with van der Waals surface area (Å²) in [6, 6.07) is 1.35. The van der Waals surface area contributed by atoms with Crippen LogP contribution in [0.1, 0.15) is 0 Å². The van der Waals surface area contributed by atoms with E-state index in [1.165, 1.54) is 6.07 Å². The molecule has 0 aliphatic heterocycles.